The van der Waals surface area contributed by atoms with Gasteiger partial charge in [-0.05, 0) is 47.4 Å². The maximum absolute atomic E-state index is 4.59. The standard InChI is InChI=1S/C16H10N2/c1-3-11-13-9-5-6-10(9)14(13)16-12(4-2-8-18-16)15(11)17-7-1/h1-4,7-8H,5-6H2. The first-order chi connectivity index (χ1) is 8.95. The molecule has 18 heavy (non-hydrogen) atoms. The molecule has 2 heteroatoms. The summed E-state index contributed by atoms with van der Waals surface area (Å²) in [5.74, 6) is 0. The van der Waals surface area contributed by atoms with Crippen molar-refractivity contribution in [2.24, 2.45) is 0 Å². The molecule has 0 N–H and O–H groups in total. The Bertz CT molecular complexity index is 887. The van der Waals surface area contributed by atoms with Gasteiger partial charge in [0, 0.05) is 28.4 Å². The van der Waals surface area contributed by atoms with Crippen LogP contribution in [0.3, 0.4) is 0 Å². The van der Waals surface area contributed by atoms with E-state index in [-0.39, 0.29) is 0 Å². The number of benzene rings is 1. The van der Waals surface area contributed by atoms with E-state index >= 15 is 0 Å². The molecule has 5 rings (SSSR count). The number of nitrogens with zero attached hydrogens (tertiary/aromatic N) is 2. The van der Waals surface area contributed by atoms with Crippen molar-refractivity contribution in [3.63, 3.8) is 0 Å². The zero-order chi connectivity index (χ0) is 11.7. The third-order valence-corrected chi connectivity index (χ3v) is 4.22. The summed E-state index contributed by atoms with van der Waals surface area (Å²) in [5.41, 5.74) is 5.32. The van der Waals surface area contributed by atoms with Crippen molar-refractivity contribution in [3.8, 4) is 0 Å². The minimum Gasteiger partial charge on any atom is -0.256 e. The van der Waals surface area contributed by atoms with Gasteiger partial charge in [-0.25, -0.2) is 0 Å². The maximum atomic E-state index is 4.59. The Hall–Kier alpha value is -2.22. The van der Waals surface area contributed by atoms with E-state index in [9.17, 15) is 0 Å². The summed E-state index contributed by atoms with van der Waals surface area (Å²) in [6.45, 7) is 0. The molecule has 2 aromatic heterocycles. The van der Waals surface area contributed by atoms with Gasteiger partial charge in [0.25, 0.3) is 0 Å². The van der Waals surface area contributed by atoms with Gasteiger partial charge in [-0.15, -0.1) is 0 Å². The lowest BCUT2D eigenvalue weighted by Gasteiger charge is -2.31. The van der Waals surface area contributed by atoms with Crippen molar-refractivity contribution >= 4 is 33.0 Å². The normalized spacial score (nSPS) is 16.2. The van der Waals surface area contributed by atoms with Gasteiger partial charge >= 0.3 is 0 Å². The highest BCUT2D eigenvalue weighted by Gasteiger charge is 2.28. The molecule has 0 amide bonds. The van der Waals surface area contributed by atoms with Gasteiger partial charge in [0.2, 0.25) is 0 Å². The van der Waals surface area contributed by atoms with E-state index in [4.69, 9.17) is 0 Å². The average Bonchev–Trinajstić information content (AvgIpc) is 2.40. The van der Waals surface area contributed by atoms with Crippen LogP contribution >= 0.6 is 0 Å². The Morgan fingerprint density at radius 2 is 1.39 bits per heavy atom. The fourth-order valence-corrected chi connectivity index (χ4v) is 3.34. The van der Waals surface area contributed by atoms with Crippen LogP contribution in [0.1, 0.15) is 12.8 Å². The highest BCUT2D eigenvalue weighted by atomic mass is 14.7. The predicted molar refractivity (Wildman–Crippen MR) is 72.3 cm³/mol. The molecular formula is C16H10N2. The van der Waals surface area contributed by atoms with Gasteiger partial charge in [-0.3, -0.25) is 9.97 Å². The molecule has 1 saturated carbocycles. The first-order valence-corrected chi connectivity index (χ1v) is 6.33. The number of fused-ring (bicyclic) bond motifs is 7. The molecule has 0 radical (unpaired) electrons. The van der Waals surface area contributed by atoms with Gasteiger partial charge in [0.05, 0.1) is 11.0 Å². The summed E-state index contributed by atoms with van der Waals surface area (Å²) in [7, 11) is 0. The Morgan fingerprint density at radius 1 is 0.722 bits per heavy atom. The molecule has 1 aromatic carbocycles. The number of pyridine rings is 2. The van der Waals surface area contributed by atoms with Gasteiger partial charge < -0.3 is 0 Å². The molecule has 0 unspecified atom stereocenters. The van der Waals surface area contributed by atoms with E-state index in [1.807, 2.05) is 24.5 Å². The van der Waals surface area contributed by atoms with Crippen LogP contribution in [0.25, 0.3) is 33.0 Å². The van der Waals surface area contributed by atoms with E-state index in [0.717, 1.165) is 11.0 Å². The Balaban J connectivity index is 2.25. The molecular weight excluding hydrogens is 220 g/mol. The highest BCUT2D eigenvalue weighted by molar-refractivity contribution is 6.14. The summed E-state index contributed by atoms with van der Waals surface area (Å²) in [4.78, 5) is 9.15. The second-order valence-corrected chi connectivity index (χ2v) is 5.01. The minimum atomic E-state index is 1.10. The van der Waals surface area contributed by atoms with Gasteiger partial charge in [0.1, 0.15) is 0 Å². The minimum absolute atomic E-state index is 1.10. The molecule has 0 aliphatic heterocycles. The maximum Gasteiger partial charge on any atom is 0.0805 e. The van der Waals surface area contributed by atoms with Crippen LogP contribution in [0.5, 0.6) is 0 Å². The first kappa shape index (κ1) is 8.81. The van der Waals surface area contributed by atoms with Crippen LogP contribution in [0.15, 0.2) is 36.7 Å². The summed E-state index contributed by atoms with van der Waals surface area (Å²) in [6.07, 6.45) is 6.20. The average molecular weight is 230 g/mol. The third-order valence-electron chi connectivity index (χ3n) is 4.22. The lowest BCUT2D eigenvalue weighted by atomic mass is 9.73. The summed E-state index contributed by atoms with van der Waals surface area (Å²) < 4.78 is 0. The summed E-state index contributed by atoms with van der Waals surface area (Å²) in [5, 5.41) is 5.30. The number of hydrogen-bond donors (Lipinski definition) is 0. The van der Waals surface area contributed by atoms with E-state index < -0.39 is 0 Å². The van der Waals surface area contributed by atoms with E-state index in [0.29, 0.717) is 0 Å². The second kappa shape index (κ2) is 2.78. The van der Waals surface area contributed by atoms with Gasteiger partial charge in [0.15, 0.2) is 0 Å². The highest BCUT2D eigenvalue weighted by Crippen LogP contribution is 2.38. The number of aromatic nitrogens is 2. The topological polar surface area (TPSA) is 25.8 Å². The van der Waals surface area contributed by atoms with Crippen molar-refractivity contribution < 1.29 is 0 Å². The largest absolute Gasteiger partial charge is 0.256 e. The molecule has 2 heterocycles. The SMILES string of the molecule is c1cnc2c(c1)c1c(c3ncccc32)=C2CCC=12. The Kier molecular flexibility index (Phi) is 1.36. The first-order valence-electron chi connectivity index (χ1n) is 6.33. The smallest absolute Gasteiger partial charge is 0.0805 e. The van der Waals surface area contributed by atoms with E-state index in [2.05, 4.69) is 22.1 Å². The number of rotatable bonds is 0. The molecule has 1 fully saturated rings. The zero-order valence-electron chi connectivity index (χ0n) is 9.77. The summed E-state index contributed by atoms with van der Waals surface area (Å²) in [6, 6.07) is 8.35. The molecule has 2 aliphatic carbocycles. The lowest BCUT2D eigenvalue weighted by Crippen LogP contribution is -2.44. The van der Waals surface area contributed by atoms with E-state index in [1.54, 1.807) is 11.1 Å². The van der Waals surface area contributed by atoms with Gasteiger partial charge in [-0.1, -0.05) is 6.07 Å². The molecule has 0 atom stereocenters. The molecule has 3 aromatic rings. The van der Waals surface area contributed by atoms with Crippen molar-refractivity contribution in [1.82, 2.24) is 9.97 Å². The fraction of sp³-hybridized carbons (Fsp3) is 0.125. The Labute approximate surface area is 103 Å². The van der Waals surface area contributed by atoms with Crippen molar-refractivity contribution in [3.05, 3.63) is 47.1 Å². The Morgan fingerprint density at radius 3 is 2.17 bits per heavy atom. The number of hydrogen-bond acceptors (Lipinski definition) is 2. The van der Waals surface area contributed by atoms with Crippen molar-refractivity contribution in [2.45, 2.75) is 12.8 Å². The van der Waals surface area contributed by atoms with Crippen LogP contribution in [0.4, 0.5) is 0 Å². The molecule has 2 nitrogen and oxygen atoms in total. The second-order valence-electron chi connectivity index (χ2n) is 5.01. The van der Waals surface area contributed by atoms with Crippen molar-refractivity contribution in [2.75, 3.05) is 0 Å². The van der Waals surface area contributed by atoms with Crippen LogP contribution in [-0.2, 0) is 0 Å². The molecule has 0 bridgehead atoms. The lowest BCUT2D eigenvalue weighted by molar-refractivity contribution is 0.970. The summed E-state index contributed by atoms with van der Waals surface area (Å²) >= 11 is 0. The van der Waals surface area contributed by atoms with Crippen LogP contribution < -0.4 is 10.4 Å². The quantitative estimate of drug-likeness (QED) is 0.551. The van der Waals surface area contributed by atoms with Crippen LogP contribution in [0.2, 0.25) is 0 Å². The predicted octanol–water partition coefficient (Wildman–Crippen LogP) is 1.89. The monoisotopic (exact) mass is 230 g/mol. The van der Waals surface area contributed by atoms with Crippen LogP contribution in [0, 0.1) is 0 Å². The molecule has 0 spiro atoms. The molecule has 0 saturated heterocycles. The molecule has 84 valence electrons. The molecule has 2 aliphatic rings. The van der Waals surface area contributed by atoms with Crippen molar-refractivity contribution in [1.29, 1.82) is 0 Å². The third kappa shape index (κ3) is 0.808. The van der Waals surface area contributed by atoms with Crippen LogP contribution in [-0.4, -0.2) is 9.97 Å². The van der Waals surface area contributed by atoms with E-state index in [1.165, 1.54) is 34.1 Å². The zero-order valence-corrected chi connectivity index (χ0v) is 9.77. The van der Waals surface area contributed by atoms with Gasteiger partial charge in [-0.2, -0.15) is 0 Å². The fourth-order valence-electron chi connectivity index (χ4n) is 3.34.